The van der Waals surface area contributed by atoms with Crippen LogP contribution in [0.1, 0.15) is 39.5 Å². The van der Waals surface area contributed by atoms with Crippen LogP contribution in [0.25, 0.3) is 0 Å². The smallest absolute Gasteiger partial charge is 0.218 e. The van der Waals surface area contributed by atoms with E-state index < -0.39 is 0 Å². The second-order valence-electron chi connectivity index (χ2n) is 4.71. The number of rotatable bonds is 6. The Kier molecular flexibility index (Phi) is 4.18. The van der Waals surface area contributed by atoms with Crippen molar-refractivity contribution >= 4 is 5.82 Å². The molecule has 1 fully saturated rings. The summed E-state index contributed by atoms with van der Waals surface area (Å²) < 4.78 is 5.49. The molecule has 2 rings (SSSR count). The third kappa shape index (κ3) is 3.32. The highest BCUT2D eigenvalue weighted by Crippen LogP contribution is 2.30. The van der Waals surface area contributed by atoms with Gasteiger partial charge in [0, 0.05) is 12.1 Å². The molecule has 1 heterocycles. The largest absolute Gasteiger partial charge is 0.478 e. The van der Waals surface area contributed by atoms with Crippen LogP contribution in [-0.4, -0.2) is 22.6 Å². The van der Waals surface area contributed by atoms with Gasteiger partial charge in [0.15, 0.2) is 0 Å². The van der Waals surface area contributed by atoms with Crippen LogP contribution in [0, 0.1) is 5.92 Å². The first-order valence-corrected chi connectivity index (χ1v) is 6.51. The highest BCUT2D eigenvalue weighted by molar-refractivity contribution is 5.38. The van der Waals surface area contributed by atoms with Crippen molar-refractivity contribution in [2.45, 2.75) is 45.6 Å². The maximum Gasteiger partial charge on any atom is 0.218 e. The maximum atomic E-state index is 5.49. The first-order valence-electron chi connectivity index (χ1n) is 6.51. The Bertz CT molecular complexity index is 352. The van der Waals surface area contributed by atoms with Gasteiger partial charge in [-0.2, -0.15) is 0 Å². The summed E-state index contributed by atoms with van der Waals surface area (Å²) in [6.07, 6.45) is 6.58. The zero-order chi connectivity index (χ0) is 12.1. The first-order chi connectivity index (χ1) is 8.29. The van der Waals surface area contributed by atoms with Crippen LogP contribution in [-0.2, 0) is 0 Å². The summed E-state index contributed by atoms with van der Waals surface area (Å²) in [6, 6.07) is 2.36. The van der Waals surface area contributed by atoms with Crippen molar-refractivity contribution in [3.05, 3.63) is 12.4 Å². The lowest BCUT2D eigenvalue weighted by molar-refractivity contribution is 0.284. The Morgan fingerprint density at radius 2 is 2.29 bits per heavy atom. The van der Waals surface area contributed by atoms with Gasteiger partial charge in [-0.05, 0) is 32.1 Å². The number of hydrogen-bond donors (Lipinski definition) is 1. The topological polar surface area (TPSA) is 47.0 Å². The van der Waals surface area contributed by atoms with Crippen molar-refractivity contribution in [3.8, 4) is 5.88 Å². The average Bonchev–Trinajstić information content (AvgIpc) is 2.24. The third-order valence-corrected chi connectivity index (χ3v) is 3.33. The lowest BCUT2D eigenvalue weighted by Crippen LogP contribution is -2.31. The maximum absolute atomic E-state index is 5.49. The van der Waals surface area contributed by atoms with E-state index in [9.17, 15) is 0 Å². The van der Waals surface area contributed by atoms with Crippen molar-refractivity contribution in [1.29, 1.82) is 0 Å². The molecule has 4 heteroatoms. The highest BCUT2D eigenvalue weighted by Gasteiger charge is 2.23. The summed E-state index contributed by atoms with van der Waals surface area (Å²) in [6.45, 7) is 5.01. The van der Waals surface area contributed by atoms with Crippen LogP contribution in [0.15, 0.2) is 12.4 Å². The summed E-state index contributed by atoms with van der Waals surface area (Å²) in [7, 11) is 0. The molecule has 17 heavy (non-hydrogen) atoms. The van der Waals surface area contributed by atoms with E-state index in [2.05, 4.69) is 29.1 Å². The van der Waals surface area contributed by atoms with Crippen molar-refractivity contribution in [2.75, 3.05) is 11.9 Å². The van der Waals surface area contributed by atoms with Crippen LogP contribution >= 0.6 is 0 Å². The number of anilines is 1. The zero-order valence-electron chi connectivity index (χ0n) is 10.6. The molecule has 0 radical (unpaired) electrons. The van der Waals surface area contributed by atoms with Crippen LogP contribution in [0.5, 0.6) is 5.88 Å². The predicted octanol–water partition coefficient (Wildman–Crippen LogP) is 2.87. The molecular weight excluding hydrogens is 214 g/mol. The molecule has 0 aliphatic heterocycles. The van der Waals surface area contributed by atoms with E-state index in [1.165, 1.54) is 19.3 Å². The average molecular weight is 235 g/mol. The molecule has 1 saturated carbocycles. The fourth-order valence-electron chi connectivity index (χ4n) is 1.99. The molecule has 94 valence electrons. The number of aromatic nitrogens is 2. The molecule has 0 bridgehead atoms. The number of nitrogens with one attached hydrogen (secondary N) is 1. The summed E-state index contributed by atoms with van der Waals surface area (Å²) in [4.78, 5) is 8.32. The van der Waals surface area contributed by atoms with E-state index >= 15 is 0 Å². The summed E-state index contributed by atoms with van der Waals surface area (Å²) in [5, 5.41) is 3.43. The van der Waals surface area contributed by atoms with Gasteiger partial charge in [-0.1, -0.05) is 13.3 Å². The molecule has 0 spiro atoms. The monoisotopic (exact) mass is 235 g/mol. The summed E-state index contributed by atoms with van der Waals surface area (Å²) >= 11 is 0. The van der Waals surface area contributed by atoms with E-state index in [1.807, 2.05) is 6.07 Å². The SMILES string of the molecule is CCCOc1cc(NC(C)C2CCC2)ncn1. The minimum atomic E-state index is 0.484. The van der Waals surface area contributed by atoms with Gasteiger partial charge in [0.2, 0.25) is 5.88 Å². The normalized spacial score (nSPS) is 17.3. The van der Waals surface area contributed by atoms with Gasteiger partial charge < -0.3 is 10.1 Å². The predicted molar refractivity (Wildman–Crippen MR) is 68.2 cm³/mol. The minimum absolute atomic E-state index is 0.484. The molecule has 1 N–H and O–H groups in total. The number of ether oxygens (including phenoxy) is 1. The lowest BCUT2D eigenvalue weighted by Gasteiger charge is -2.32. The fourth-order valence-corrected chi connectivity index (χ4v) is 1.99. The van der Waals surface area contributed by atoms with Gasteiger partial charge in [-0.3, -0.25) is 0 Å². The molecule has 1 unspecified atom stereocenters. The van der Waals surface area contributed by atoms with Crippen molar-refractivity contribution < 1.29 is 4.74 Å². The van der Waals surface area contributed by atoms with Gasteiger partial charge in [0.25, 0.3) is 0 Å². The fraction of sp³-hybridized carbons (Fsp3) is 0.692. The molecule has 1 aromatic rings. The molecule has 4 nitrogen and oxygen atoms in total. The molecular formula is C13H21N3O. The Hall–Kier alpha value is -1.32. The van der Waals surface area contributed by atoms with Gasteiger partial charge in [0.05, 0.1) is 6.61 Å². The number of hydrogen-bond acceptors (Lipinski definition) is 4. The van der Waals surface area contributed by atoms with Crippen molar-refractivity contribution in [3.63, 3.8) is 0 Å². The third-order valence-electron chi connectivity index (χ3n) is 3.33. The first kappa shape index (κ1) is 12.1. The Morgan fingerprint density at radius 1 is 1.47 bits per heavy atom. The molecule has 1 aromatic heterocycles. The van der Waals surface area contributed by atoms with Gasteiger partial charge in [0.1, 0.15) is 12.1 Å². The lowest BCUT2D eigenvalue weighted by atomic mass is 9.80. The highest BCUT2D eigenvalue weighted by atomic mass is 16.5. The molecule has 0 amide bonds. The van der Waals surface area contributed by atoms with Gasteiger partial charge >= 0.3 is 0 Å². The molecule has 1 aliphatic carbocycles. The molecule has 0 saturated heterocycles. The van der Waals surface area contributed by atoms with E-state index in [4.69, 9.17) is 4.74 Å². The minimum Gasteiger partial charge on any atom is -0.478 e. The summed E-state index contributed by atoms with van der Waals surface area (Å²) in [5.74, 6) is 2.32. The van der Waals surface area contributed by atoms with E-state index in [-0.39, 0.29) is 0 Å². The van der Waals surface area contributed by atoms with Gasteiger partial charge in [-0.25, -0.2) is 9.97 Å². The zero-order valence-corrected chi connectivity index (χ0v) is 10.6. The van der Waals surface area contributed by atoms with E-state index in [0.29, 0.717) is 18.5 Å². The summed E-state index contributed by atoms with van der Waals surface area (Å²) in [5.41, 5.74) is 0. The second kappa shape index (κ2) is 5.84. The van der Waals surface area contributed by atoms with Crippen molar-refractivity contribution in [1.82, 2.24) is 9.97 Å². The van der Waals surface area contributed by atoms with E-state index in [1.54, 1.807) is 6.33 Å². The molecule has 1 atom stereocenters. The quantitative estimate of drug-likeness (QED) is 0.823. The standard InChI is InChI=1S/C13H21N3O/c1-3-7-17-13-8-12(14-9-15-13)16-10(2)11-5-4-6-11/h8-11H,3-7H2,1-2H3,(H,14,15,16). The van der Waals surface area contributed by atoms with Crippen molar-refractivity contribution in [2.24, 2.45) is 5.92 Å². The second-order valence-corrected chi connectivity index (χ2v) is 4.71. The van der Waals surface area contributed by atoms with E-state index in [0.717, 1.165) is 18.2 Å². The van der Waals surface area contributed by atoms with Gasteiger partial charge in [-0.15, -0.1) is 0 Å². The molecule has 1 aliphatic rings. The molecule has 0 aromatic carbocycles. The Labute approximate surface area is 103 Å². The van der Waals surface area contributed by atoms with Crippen LogP contribution < -0.4 is 10.1 Å². The Morgan fingerprint density at radius 3 is 2.94 bits per heavy atom. The number of nitrogens with zero attached hydrogens (tertiary/aromatic N) is 2. The van der Waals surface area contributed by atoms with Crippen LogP contribution in [0.4, 0.5) is 5.82 Å². The van der Waals surface area contributed by atoms with Crippen LogP contribution in [0.3, 0.4) is 0 Å². The Balaban J connectivity index is 1.90. The van der Waals surface area contributed by atoms with Crippen LogP contribution in [0.2, 0.25) is 0 Å².